The Balaban J connectivity index is 2.08. The Kier molecular flexibility index (Phi) is 4.77. The Hall–Kier alpha value is -2.11. The maximum absolute atomic E-state index is 5.66. The molecular formula is C15H22N4O2. The molecule has 2 heterocycles. The van der Waals surface area contributed by atoms with Crippen LogP contribution < -0.4 is 10.1 Å². The molecule has 1 unspecified atom stereocenters. The quantitative estimate of drug-likeness (QED) is 0.881. The highest BCUT2D eigenvalue weighted by Crippen LogP contribution is 2.21. The molecule has 6 nitrogen and oxygen atoms in total. The van der Waals surface area contributed by atoms with Gasteiger partial charge in [0.1, 0.15) is 5.76 Å². The van der Waals surface area contributed by atoms with Crippen LogP contribution in [0.1, 0.15) is 37.8 Å². The Morgan fingerprint density at radius 1 is 1.19 bits per heavy atom. The number of rotatable bonds is 6. The molecule has 0 aliphatic rings. The molecule has 6 heteroatoms. The molecule has 114 valence electrons. The minimum atomic E-state index is 0.0557. The number of aryl methyl sites for hydroxylation is 2. The predicted octanol–water partition coefficient (Wildman–Crippen LogP) is 2.91. The third-order valence-corrected chi connectivity index (χ3v) is 3.09. The second-order valence-electron chi connectivity index (χ2n) is 5.43. The van der Waals surface area contributed by atoms with Crippen molar-refractivity contribution in [1.82, 2.24) is 15.1 Å². The van der Waals surface area contributed by atoms with Crippen LogP contribution >= 0.6 is 0 Å². The van der Waals surface area contributed by atoms with E-state index in [0.717, 1.165) is 23.4 Å². The second kappa shape index (κ2) is 6.56. The Bertz CT molecular complexity index is 576. The number of ether oxygens (including phenoxy) is 1. The van der Waals surface area contributed by atoms with Crippen LogP contribution in [0, 0.1) is 13.8 Å². The SMILES string of the molecule is Cc1noc(C)c1CC(C)Nc1nccnc1OC(C)C. The predicted molar refractivity (Wildman–Crippen MR) is 80.6 cm³/mol. The van der Waals surface area contributed by atoms with E-state index in [4.69, 9.17) is 9.26 Å². The first kappa shape index (κ1) is 15.3. The highest BCUT2D eigenvalue weighted by molar-refractivity contribution is 5.45. The summed E-state index contributed by atoms with van der Waals surface area (Å²) in [6, 6.07) is 0.160. The zero-order valence-electron chi connectivity index (χ0n) is 13.2. The van der Waals surface area contributed by atoms with E-state index in [-0.39, 0.29) is 12.1 Å². The van der Waals surface area contributed by atoms with Crippen molar-refractivity contribution in [1.29, 1.82) is 0 Å². The number of aromatic nitrogens is 3. The van der Waals surface area contributed by atoms with Gasteiger partial charge in [-0.2, -0.15) is 0 Å². The van der Waals surface area contributed by atoms with Gasteiger partial charge in [0.05, 0.1) is 11.8 Å². The highest BCUT2D eigenvalue weighted by atomic mass is 16.5. The lowest BCUT2D eigenvalue weighted by Crippen LogP contribution is -2.21. The zero-order valence-corrected chi connectivity index (χ0v) is 13.2. The lowest BCUT2D eigenvalue weighted by Gasteiger charge is -2.17. The van der Waals surface area contributed by atoms with Crippen LogP contribution in [-0.4, -0.2) is 27.3 Å². The number of nitrogens with one attached hydrogen (secondary N) is 1. The third kappa shape index (κ3) is 3.93. The molecule has 0 saturated heterocycles. The molecule has 2 aromatic rings. The van der Waals surface area contributed by atoms with E-state index in [9.17, 15) is 0 Å². The van der Waals surface area contributed by atoms with Crippen molar-refractivity contribution in [3.05, 3.63) is 29.4 Å². The number of hydrogen-bond acceptors (Lipinski definition) is 6. The lowest BCUT2D eigenvalue weighted by atomic mass is 10.1. The first-order valence-corrected chi connectivity index (χ1v) is 7.13. The van der Waals surface area contributed by atoms with Crippen LogP contribution in [0.5, 0.6) is 5.88 Å². The fraction of sp³-hybridized carbons (Fsp3) is 0.533. The molecule has 2 aromatic heterocycles. The van der Waals surface area contributed by atoms with Crippen molar-refractivity contribution < 1.29 is 9.26 Å². The van der Waals surface area contributed by atoms with Crippen LogP contribution in [0.15, 0.2) is 16.9 Å². The molecule has 1 N–H and O–H groups in total. The van der Waals surface area contributed by atoms with E-state index in [2.05, 4.69) is 27.4 Å². The van der Waals surface area contributed by atoms with E-state index in [1.54, 1.807) is 12.4 Å². The summed E-state index contributed by atoms with van der Waals surface area (Å²) in [6.07, 6.45) is 4.14. The third-order valence-electron chi connectivity index (χ3n) is 3.09. The van der Waals surface area contributed by atoms with Crippen LogP contribution in [-0.2, 0) is 6.42 Å². The Labute approximate surface area is 124 Å². The molecule has 0 amide bonds. The van der Waals surface area contributed by atoms with Gasteiger partial charge in [-0.3, -0.25) is 0 Å². The smallest absolute Gasteiger partial charge is 0.257 e. The molecular weight excluding hydrogens is 268 g/mol. The summed E-state index contributed by atoms with van der Waals surface area (Å²) in [5.74, 6) is 2.04. The van der Waals surface area contributed by atoms with Crippen molar-refractivity contribution in [2.45, 2.75) is 53.2 Å². The largest absolute Gasteiger partial charge is 0.472 e. The second-order valence-corrected chi connectivity index (χ2v) is 5.43. The number of anilines is 1. The normalized spacial score (nSPS) is 12.5. The summed E-state index contributed by atoms with van der Waals surface area (Å²) in [5, 5.41) is 7.32. The standard InChI is InChI=1S/C15H22N4O2/c1-9(2)20-15-14(16-6-7-17-15)18-10(3)8-13-11(4)19-21-12(13)5/h6-7,9-10H,8H2,1-5H3,(H,16,18). The van der Waals surface area contributed by atoms with Gasteiger partial charge < -0.3 is 14.6 Å². The fourth-order valence-corrected chi connectivity index (χ4v) is 2.12. The van der Waals surface area contributed by atoms with Crippen LogP contribution in [0.25, 0.3) is 0 Å². The van der Waals surface area contributed by atoms with Crippen LogP contribution in [0.2, 0.25) is 0 Å². The van der Waals surface area contributed by atoms with Crippen molar-refractivity contribution in [2.75, 3.05) is 5.32 Å². The van der Waals surface area contributed by atoms with Crippen LogP contribution in [0.3, 0.4) is 0 Å². The van der Waals surface area contributed by atoms with E-state index >= 15 is 0 Å². The minimum absolute atomic E-state index is 0.0557. The minimum Gasteiger partial charge on any atom is -0.472 e. The summed E-state index contributed by atoms with van der Waals surface area (Å²) in [5.41, 5.74) is 2.06. The topological polar surface area (TPSA) is 73.1 Å². The van der Waals surface area contributed by atoms with Gasteiger partial charge in [0.15, 0.2) is 5.82 Å². The van der Waals surface area contributed by atoms with Crippen molar-refractivity contribution in [2.24, 2.45) is 0 Å². The number of hydrogen-bond donors (Lipinski definition) is 1. The van der Waals surface area contributed by atoms with Crippen molar-refractivity contribution in [3.63, 3.8) is 0 Å². The average Bonchev–Trinajstić information content (AvgIpc) is 2.72. The van der Waals surface area contributed by atoms with E-state index in [0.29, 0.717) is 11.7 Å². The first-order chi connectivity index (χ1) is 9.97. The maximum atomic E-state index is 5.66. The van der Waals surface area contributed by atoms with Gasteiger partial charge in [-0.1, -0.05) is 5.16 Å². The summed E-state index contributed by atoms with van der Waals surface area (Å²) >= 11 is 0. The van der Waals surface area contributed by atoms with Crippen LogP contribution in [0.4, 0.5) is 5.82 Å². The van der Waals surface area contributed by atoms with Gasteiger partial charge in [0.25, 0.3) is 5.88 Å². The summed E-state index contributed by atoms with van der Waals surface area (Å²) in [4.78, 5) is 8.53. The van der Waals surface area contributed by atoms with Gasteiger partial charge in [0.2, 0.25) is 0 Å². The molecule has 0 fully saturated rings. The Morgan fingerprint density at radius 3 is 2.52 bits per heavy atom. The fourth-order valence-electron chi connectivity index (χ4n) is 2.12. The first-order valence-electron chi connectivity index (χ1n) is 7.13. The summed E-state index contributed by atoms with van der Waals surface area (Å²) < 4.78 is 10.9. The monoisotopic (exact) mass is 290 g/mol. The zero-order chi connectivity index (χ0) is 15.4. The molecule has 0 aromatic carbocycles. The molecule has 0 saturated carbocycles. The summed E-state index contributed by atoms with van der Waals surface area (Å²) in [7, 11) is 0. The number of nitrogens with zero attached hydrogens (tertiary/aromatic N) is 3. The maximum Gasteiger partial charge on any atom is 0.257 e. The van der Waals surface area contributed by atoms with Gasteiger partial charge in [0, 0.05) is 24.0 Å². The van der Waals surface area contributed by atoms with Gasteiger partial charge in [-0.05, 0) is 41.0 Å². The van der Waals surface area contributed by atoms with Gasteiger partial charge >= 0.3 is 0 Å². The molecule has 0 bridgehead atoms. The molecule has 21 heavy (non-hydrogen) atoms. The van der Waals surface area contributed by atoms with Crippen molar-refractivity contribution in [3.8, 4) is 5.88 Å². The van der Waals surface area contributed by atoms with Gasteiger partial charge in [-0.25, -0.2) is 9.97 Å². The van der Waals surface area contributed by atoms with E-state index in [1.807, 2.05) is 27.7 Å². The van der Waals surface area contributed by atoms with E-state index in [1.165, 1.54) is 0 Å². The highest BCUT2D eigenvalue weighted by Gasteiger charge is 2.15. The van der Waals surface area contributed by atoms with Crippen molar-refractivity contribution >= 4 is 5.82 Å². The van der Waals surface area contributed by atoms with E-state index < -0.39 is 0 Å². The molecule has 1 atom stereocenters. The molecule has 0 spiro atoms. The van der Waals surface area contributed by atoms with Gasteiger partial charge in [-0.15, -0.1) is 0 Å². The molecule has 2 rings (SSSR count). The lowest BCUT2D eigenvalue weighted by molar-refractivity contribution is 0.233. The average molecular weight is 290 g/mol. The summed E-state index contributed by atoms with van der Waals surface area (Å²) in [6.45, 7) is 9.89. The molecule has 0 aliphatic carbocycles. The molecule has 0 aliphatic heterocycles. The Morgan fingerprint density at radius 2 is 1.90 bits per heavy atom. The molecule has 0 radical (unpaired) electrons.